The Kier molecular flexibility index (Phi) is 4.07. The van der Waals surface area contributed by atoms with Gasteiger partial charge in [0.25, 0.3) is 0 Å². The van der Waals surface area contributed by atoms with Gasteiger partial charge >= 0.3 is 11.4 Å². The van der Waals surface area contributed by atoms with Gasteiger partial charge in [0, 0.05) is 11.6 Å². The summed E-state index contributed by atoms with van der Waals surface area (Å²) in [4.78, 5) is 26.7. The minimum Gasteiger partial charge on any atom is -0.508 e. The van der Waals surface area contributed by atoms with Gasteiger partial charge in [-0.15, -0.1) is 0 Å². The Labute approximate surface area is 177 Å². The maximum Gasteiger partial charge on any atom is 0.352 e. The fraction of sp³-hybridized carbons (Fsp3) is 0.304. The first-order chi connectivity index (χ1) is 14.7. The van der Waals surface area contributed by atoms with E-state index in [1.54, 1.807) is 43.3 Å². The van der Waals surface area contributed by atoms with Crippen LogP contribution >= 0.6 is 0 Å². The van der Waals surface area contributed by atoms with Crippen LogP contribution < -0.4 is 16.1 Å². The predicted octanol–water partition coefficient (Wildman–Crippen LogP) is 2.26. The molecule has 0 bridgehead atoms. The van der Waals surface area contributed by atoms with E-state index in [2.05, 4.69) is 0 Å². The molecule has 0 spiro atoms. The summed E-state index contributed by atoms with van der Waals surface area (Å²) in [6, 6.07) is 11.0. The van der Waals surface area contributed by atoms with Crippen LogP contribution in [0.25, 0.3) is 5.69 Å². The second-order valence-electron chi connectivity index (χ2n) is 8.49. The highest BCUT2D eigenvalue weighted by Crippen LogP contribution is 2.46. The number of aromatic hydroxyl groups is 1. The second-order valence-corrected chi connectivity index (χ2v) is 8.49. The van der Waals surface area contributed by atoms with Crippen LogP contribution in [0.15, 0.2) is 63.7 Å². The zero-order valence-electron chi connectivity index (χ0n) is 17.4. The molecule has 8 heteroatoms. The van der Waals surface area contributed by atoms with Crippen LogP contribution in [0, 0.1) is 0 Å². The molecule has 0 radical (unpaired) electrons. The number of nitrogens with zero attached hydrogens (tertiary/aromatic N) is 3. The Balaban J connectivity index is 1.73. The van der Waals surface area contributed by atoms with Crippen molar-refractivity contribution in [3.8, 4) is 17.2 Å². The monoisotopic (exact) mass is 421 g/mol. The quantitative estimate of drug-likeness (QED) is 0.619. The van der Waals surface area contributed by atoms with Crippen LogP contribution in [-0.4, -0.2) is 29.7 Å². The number of aliphatic hydroxyl groups is 1. The van der Waals surface area contributed by atoms with Crippen molar-refractivity contribution < 1.29 is 14.9 Å². The number of rotatable bonds is 2. The Morgan fingerprint density at radius 1 is 1.10 bits per heavy atom. The van der Waals surface area contributed by atoms with E-state index in [-0.39, 0.29) is 12.3 Å². The van der Waals surface area contributed by atoms with Crippen molar-refractivity contribution in [1.82, 2.24) is 13.9 Å². The predicted molar refractivity (Wildman–Crippen MR) is 114 cm³/mol. The first-order valence-corrected chi connectivity index (χ1v) is 10.1. The largest absolute Gasteiger partial charge is 0.508 e. The Morgan fingerprint density at radius 2 is 1.81 bits per heavy atom. The average molecular weight is 421 g/mol. The number of aromatic nitrogens is 3. The number of phenols is 1. The van der Waals surface area contributed by atoms with E-state index in [1.807, 2.05) is 19.9 Å². The molecule has 31 heavy (non-hydrogen) atoms. The molecule has 2 aromatic carbocycles. The van der Waals surface area contributed by atoms with Crippen LogP contribution in [0.5, 0.6) is 11.5 Å². The van der Waals surface area contributed by atoms with Gasteiger partial charge in [-0.05, 0) is 56.2 Å². The van der Waals surface area contributed by atoms with E-state index >= 15 is 0 Å². The van der Waals surface area contributed by atoms with Gasteiger partial charge in [-0.25, -0.2) is 23.5 Å². The van der Waals surface area contributed by atoms with Gasteiger partial charge in [0.05, 0.1) is 18.3 Å². The number of fused-ring (bicyclic) bond motifs is 5. The Morgan fingerprint density at radius 3 is 2.48 bits per heavy atom. The second kappa shape index (κ2) is 6.49. The van der Waals surface area contributed by atoms with Crippen LogP contribution in [0.4, 0.5) is 0 Å². The van der Waals surface area contributed by atoms with E-state index < -0.39 is 29.1 Å². The summed E-state index contributed by atoms with van der Waals surface area (Å²) in [5.41, 5.74) is 1.12. The summed E-state index contributed by atoms with van der Waals surface area (Å²) < 4.78 is 10.2. The molecule has 0 fully saturated rings. The van der Waals surface area contributed by atoms with Crippen molar-refractivity contribution in [2.24, 2.45) is 0 Å². The number of phenolic OH excluding ortho intramolecular Hbond substituents is 1. The summed E-state index contributed by atoms with van der Waals surface area (Å²) in [7, 11) is 0. The van der Waals surface area contributed by atoms with Gasteiger partial charge < -0.3 is 14.9 Å². The van der Waals surface area contributed by atoms with Gasteiger partial charge in [-0.1, -0.05) is 18.2 Å². The van der Waals surface area contributed by atoms with Crippen LogP contribution in [0.3, 0.4) is 0 Å². The molecular formula is C23H23N3O5. The zero-order chi connectivity index (χ0) is 22.1. The lowest BCUT2D eigenvalue weighted by Gasteiger charge is -2.42. The van der Waals surface area contributed by atoms with E-state index in [0.29, 0.717) is 22.6 Å². The number of ether oxygens (including phenoxy) is 1. The summed E-state index contributed by atoms with van der Waals surface area (Å²) in [6.45, 7) is 5.72. The van der Waals surface area contributed by atoms with Gasteiger partial charge in [0.15, 0.2) is 0 Å². The molecule has 1 aromatic heterocycles. The van der Waals surface area contributed by atoms with E-state index in [4.69, 9.17) is 4.74 Å². The SMILES string of the molecule is CC(O)c1ccc(-n2c(=O)n3n(c2=O)C2C(=CC3)C(C)(C)Oc3cc(O)ccc32)cc1. The minimum absolute atomic E-state index is 0.0679. The molecule has 0 aliphatic carbocycles. The maximum atomic E-state index is 13.5. The third-order valence-corrected chi connectivity index (χ3v) is 6.07. The van der Waals surface area contributed by atoms with Crippen molar-refractivity contribution in [1.29, 1.82) is 0 Å². The van der Waals surface area contributed by atoms with Gasteiger partial charge in [0.1, 0.15) is 23.1 Å². The fourth-order valence-electron chi connectivity index (χ4n) is 4.51. The van der Waals surface area contributed by atoms with Crippen molar-refractivity contribution in [2.45, 2.75) is 45.1 Å². The van der Waals surface area contributed by atoms with Crippen LogP contribution in [0.1, 0.15) is 44.0 Å². The smallest absolute Gasteiger partial charge is 0.352 e. The molecule has 2 unspecified atom stereocenters. The summed E-state index contributed by atoms with van der Waals surface area (Å²) in [5.74, 6) is 0.548. The molecule has 2 atom stereocenters. The number of hydrogen-bond donors (Lipinski definition) is 2. The summed E-state index contributed by atoms with van der Waals surface area (Å²) in [6.07, 6.45) is 1.29. The van der Waals surface area contributed by atoms with Gasteiger partial charge in [-0.3, -0.25) is 0 Å². The number of benzene rings is 2. The lowest BCUT2D eigenvalue weighted by Crippen LogP contribution is -2.46. The zero-order valence-corrected chi connectivity index (χ0v) is 17.4. The fourth-order valence-corrected chi connectivity index (χ4v) is 4.51. The lowest BCUT2D eigenvalue weighted by molar-refractivity contribution is 0.113. The molecule has 3 aromatic rings. The lowest BCUT2D eigenvalue weighted by atomic mass is 9.83. The first kappa shape index (κ1) is 19.4. The van der Waals surface area contributed by atoms with Crippen LogP contribution in [-0.2, 0) is 6.54 Å². The van der Waals surface area contributed by atoms with Crippen molar-refractivity contribution >= 4 is 0 Å². The highest BCUT2D eigenvalue weighted by atomic mass is 16.5. The molecular weight excluding hydrogens is 398 g/mol. The van der Waals surface area contributed by atoms with Gasteiger partial charge in [-0.2, -0.15) is 0 Å². The molecule has 2 N–H and O–H groups in total. The molecule has 8 nitrogen and oxygen atoms in total. The number of allylic oxidation sites excluding steroid dienone is 1. The highest BCUT2D eigenvalue weighted by molar-refractivity contribution is 5.51. The number of aliphatic hydroxyl groups excluding tert-OH is 1. The first-order valence-electron chi connectivity index (χ1n) is 10.1. The van der Waals surface area contributed by atoms with Crippen molar-refractivity contribution in [3.05, 3.63) is 86.2 Å². The average Bonchev–Trinajstić information content (AvgIpc) is 2.97. The molecule has 3 heterocycles. The molecule has 0 saturated carbocycles. The summed E-state index contributed by atoms with van der Waals surface area (Å²) in [5, 5.41) is 19.7. The van der Waals surface area contributed by atoms with E-state index in [0.717, 1.165) is 10.1 Å². The van der Waals surface area contributed by atoms with Crippen molar-refractivity contribution in [2.75, 3.05) is 0 Å². The van der Waals surface area contributed by atoms with E-state index in [9.17, 15) is 19.8 Å². The maximum absolute atomic E-state index is 13.5. The Bertz CT molecular complexity index is 1340. The van der Waals surface area contributed by atoms with E-state index in [1.165, 1.54) is 15.4 Å². The molecule has 2 aliphatic heterocycles. The third-order valence-electron chi connectivity index (χ3n) is 6.07. The molecule has 5 rings (SSSR count). The highest BCUT2D eigenvalue weighted by Gasteiger charge is 2.43. The van der Waals surface area contributed by atoms with Crippen LogP contribution in [0.2, 0.25) is 0 Å². The molecule has 160 valence electrons. The molecule has 0 amide bonds. The van der Waals surface area contributed by atoms with Crippen molar-refractivity contribution in [3.63, 3.8) is 0 Å². The topological polar surface area (TPSA) is 98.6 Å². The molecule has 2 aliphatic rings. The van der Waals surface area contributed by atoms with Gasteiger partial charge in [0.2, 0.25) is 0 Å². The Hall–Kier alpha value is -3.52. The normalized spacial score (nSPS) is 19.5. The standard InChI is InChI=1S/C23H23N3O5/c1-13(27)14-4-6-15(7-5-14)25-21(29)24-11-10-18-20(26(24)22(25)30)17-9-8-16(28)12-19(17)31-23(18,2)3/h4-10,12-13,20,27-28H,11H2,1-3H3. The third kappa shape index (κ3) is 2.79. The number of hydrogen-bond acceptors (Lipinski definition) is 5. The molecule has 0 saturated heterocycles. The minimum atomic E-state index is -0.715. The summed E-state index contributed by atoms with van der Waals surface area (Å²) >= 11 is 0.